The van der Waals surface area contributed by atoms with Gasteiger partial charge < -0.3 is 9.47 Å². The Morgan fingerprint density at radius 3 is 2.27 bits per heavy atom. The van der Waals surface area contributed by atoms with Gasteiger partial charge in [-0.3, -0.25) is 0 Å². The second-order valence-electron chi connectivity index (χ2n) is 6.87. The molecule has 0 unspecified atom stereocenters. The molecule has 0 aromatic heterocycles. The molecule has 0 aliphatic rings. The van der Waals surface area contributed by atoms with E-state index in [1.807, 2.05) is 60.7 Å². The Morgan fingerprint density at radius 1 is 0.600 bits per heavy atom. The van der Waals surface area contributed by atoms with Gasteiger partial charge in [-0.15, -0.1) is 0 Å². The largest absolute Gasteiger partial charge is 0.519 e. The first-order valence-electron chi connectivity index (χ1n) is 9.27. The van der Waals surface area contributed by atoms with Crippen molar-refractivity contribution in [1.29, 1.82) is 0 Å². The normalized spacial score (nSPS) is 11.1. The van der Waals surface area contributed by atoms with Gasteiger partial charge in [-0.1, -0.05) is 65.7 Å². The molecular formula is C25H14Cl2O3. The first kappa shape index (κ1) is 18.7. The highest BCUT2D eigenvalue weighted by Gasteiger charge is 2.16. The molecule has 0 radical (unpaired) electrons. The zero-order chi connectivity index (χ0) is 20.7. The van der Waals surface area contributed by atoms with E-state index in [9.17, 15) is 4.79 Å². The van der Waals surface area contributed by atoms with Gasteiger partial charge in [0.15, 0.2) is 0 Å². The molecule has 146 valence electrons. The van der Waals surface area contributed by atoms with Crippen LogP contribution in [-0.4, -0.2) is 6.16 Å². The lowest BCUT2D eigenvalue weighted by molar-refractivity contribution is 0.153. The Kier molecular flexibility index (Phi) is 4.70. The van der Waals surface area contributed by atoms with Gasteiger partial charge in [-0.25, -0.2) is 4.79 Å². The third-order valence-electron chi connectivity index (χ3n) is 4.96. The van der Waals surface area contributed by atoms with E-state index in [-0.39, 0.29) is 0 Å². The topological polar surface area (TPSA) is 35.5 Å². The molecule has 0 amide bonds. The van der Waals surface area contributed by atoms with Crippen molar-refractivity contribution >= 4 is 61.7 Å². The van der Waals surface area contributed by atoms with Crippen LogP contribution < -0.4 is 9.47 Å². The van der Waals surface area contributed by atoms with Crippen LogP contribution in [0.2, 0.25) is 10.0 Å². The van der Waals surface area contributed by atoms with Crippen molar-refractivity contribution in [3.8, 4) is 11.5 Å². The first-order chi connectivity index (χ1) is 14.6. The number of hydrogen-bond donors (Lipinski definition) is 0. The molecule has 3 nitrogen and oxygen atoms in total. The maximum Gasteiger partial charge on any atom is 0.519 e. The number of carbonyl (C=O) groups is 1. The van der Waals surface area contributed by atoms with Gasteiger partial charge in [0, 0.05) is 26.2 Å². The highest BCUT2D eigenvalue weighted by Crippen LogP contribution is 2.38. The van der Waals surface area contributed by atoms with E-state index in [0.29, 0.717) is 26.9 Å². The fourth-order valence-electron chi connectivity index (χ4n) is 3.61. The maximum absolute atomic E-state index is 12.8. The van der Waals surface area contributed by atoms with Gasteiger partial charge in [-0.05, 0) is 58.6 Å². The Balaban J connectivity index is 1.59. The molecule has 0 spiro atoms. The number of halogens is 2. The van der Waals surface area contributed by atoms with Crippen LogP contribution in [0.15, 0.2) is 84.9 Å². The summed E-state index contributed by atoms with van der Waals surface area (Å²) in [5, 5.41) is 6.13. The van der Waals surface area contributed by atoms with Crippen LogP contribution in [0.25, 0.3) is 32.3 Å². The molecular weight excluding hydrogens is 419 g/mol. The second-order valence-corrected chi connectivity index (χ2v) is 7.74. The lowest BCUT2D eigenvalue weighted by Crippen LogP contribution is -2.14. The zero-order valence-electron chi connectivity index (χ0n) is 15.6. The molecule has 5 rings (SSSR count). The molecule has 0 bridgehead atoms. The van der Waals surface area contributed by atoms with Crippen LogP contribution in [0.3, 0.4) is 0 Å². The van der Waals surface area contributed by atoms with Gasteiger partial charge in [0.1, 0.15) is 11.5 Å². The van der Waals surface area contributed by atoms with Gasteiger partial charge in [0.2, 0.25) is 0 Å². The summed E-state index contributed by atoms with van der Waals surface area (Å²) in [6, 6.07) is 26.0. The van der Waals surface area contributed by atoms with Crippen LogP contribution in [0, 0.1) is 0 Å². The fourth-order valence-corrected chi connectivity index (χ4v) is 3.96. The zero-order valence-corrected chi connectivity index (χ0v) is 17.1. The Hall–Kier alpha value is -3.27. The lowest BCUT2D eigenvalue weighted by atomic mass is 10.0. The summed E-state index contributed by atoms with van der Waals surface area (Å²) in [6.45, 7) is 0. The van der Waals surface area contributed by atoms with Crippen LogP contribution in [0.1, 0.15) is 0 Å². The smallest absolute Gasteiger partial charge is 0.394 e. The molecule has 5 heteroatoms. The number of hydrogen-bond acceptors (Lipinski definition) is 3. The van der Waals surface area contributed by atoms with Gasteiger partial charge >= 0.3 is 6.16 Å². The molecule has 5 aromatic rings. The van der Waals surface area contributed by atoms with Crippen molar-refractivity contribution in [2.45, 2.75) is 0 Å². The average molecular weight is 433 g/mol. The van der Waals surface area contributed by atoms with Crippen LogP contribution in [0.4, 0.5) is 4.79 Å². The number of rotatable bonds is 2. The van der Waals surface area contributed by atoms with Gasteiger partial charge in [0.25, 0.3) is 0 Å². The SMILES string of the molecule is O=C(Oc1cccc2ccccc12)Oc1c2ccc(Cl)cc2cc2ccc(Cl)cc12. The fraction of sp³-hybridized carbons (Fsp3) is 0. The van der Waals surface area contributed by atoms with Crippen molar-refractivity contribution < 1.29 is 14.3 Å². The van der Waals surface area contributed by atoms with E-state index in [0.717, 1.165) is 26.9 Å². The Labute approximate surface area is 182 Å². The molecule has 0 aliphatic carbocycles. The molecule has 5 aromatic carbocycles. The van der Waals surface area contributed by atoms with E-state index in [1.54, 1.807) is 24.3 Å². The summed E-state index contributed by atoms with van der Waals surface area (Å²) in [5.41, 5.74) is 0. The summed E-state index contributed by atoms with van der Waals surface area (Å²) < 4.78 is 11.3. The minimum atomic E-state index is -0.824. The summed E-state index contributed by atoms with van der Waals surface area (Å²) in [7, 11) is 0. The molecule has 0 saturated carbocycles. The standard InChI is InChI=1S/C25H14Cl2O3/c26-18-10-11-21-17(13-18)12-16-8-9-19(27)14-22(16)24(21)30-25(28)29-23-7-3-5-15-4-1-2-6-20(15)23/h1-14H. The van der Waals surface area contributed by atoms with E-state index in [2.05, 4.69) is 0 Å². The van der Waals surface area contributed by atoms with Crippen LogP contribution in [0.5, 0.6) is 11.5 Å². The Bertz CT molecular complexity index is 1440. The van der Waals surface area contributed by atoms with Crippen molar-refractivity contribution in [1.82, 2.24) is 0 Å². The van der Waals surface area contributed by atoms with Crippen molar-refractivity contribution in [2.75, 3.05) is 0 Å². The maximum atomic E-state index is 12.8. The molecule has 0 fully saturated rings. The van der Waals surface area contributed by atoms with Crippen molar-refractivity contribution in [2.24, 2.45) is 0 Å². The summed E-state index contributed by atoms with van der Waals surface area (Å²) in [6.07, 6.45) is -0.824. The predicted octanol–water partition coefficient (Wildman–Crippen LogP) is 8.03. The van der Waals surface area contributed by atoms with E-state index >= 15 is 0 Å². The summed E-state index contributed by atoms with van der Waals surface area (Å²) >= 11 is 12.4. The third-order valence-corrected chi connectivity index (χ3v) is 5.43. The summed E-state index contributed by atoms with van der Waals surface area (Å²) in [5.74, 6) is 0.815. The number of carbonyl (C=O) groups excluding carboxylic acids is 1. The van der Waals surface area contributed by atoms with Crippen LogP contribution >= 0.6 is 23.2 Å². The highest BCUT2D eigenvalue weighted by molar-refractivity contribution is 6.32. The molecule has 30 heavy (non-hydrogen) atoms. The van der Waals surface area contributed by atoms with Gasteiger partial charge in [-0.2, -0.15) is 0 Å². The number of benzene rings is 5. The van der Waals surface area contributed by atoms with E-state index in [4.69, 9.17) is 32.7 Å². The van der Waals surface area contributed by atoms with E-state index < -0.39 is 6.16 Å². The van der Waals surface area contributed by atoms with E-state index in [1.165, 1.54) is 0 Å². The number of fused-ring (bicyclic) bond motifs is 3. The lowest BCUT2D eigenvalue weighted by Gasteiger charge is -2.13. The third kappa shape index (κ3) is 3.43. The van der Waals surface area contributed by atoms with Gasteiger partial charge in [0.05, 0.1) is 0 Å². The quantitative estimate of drug-likeness (QED) is 0.161. The number of ether oxygens (including phenoxy) is 2. The second kappa shape index (κ2) is 7.52. The minimum absolute atomic E-state index is 0.381. The minimum Gasteiger partial charge on any atom is -0.394 e. The highest BCUT2D eigenvalue weighted by atomic mass is 35.5. The van der Waals surface area contributed by atoms with Crippen molar-refractivity contribution in [3.63, 3.8) is 0 Å². The average Bonchev–Trinajstić information content (AvgIpc) is 2.74. The predicted molar refractivity (Wildman–Crippen MR) is 122 cm³/mol. The molecule has 0 saturated heterocycles. The monoisotopic (exact) mass is 432 g/mol. The van der Waals surface area contributed by atoms with Crippen molar-refractivity contribution in [3.05, 3.63) is 95.0 Å². The Morgan fingerprint density at radius 2 is 1.37 bits per heavy atom. The molecule has 0 atom stereocenters. The summed E-state index contributed by atoms with van der Waals surface area (Å²) in [4.78, 5) is 12.8. The van der Waals surface area contributed by atoms with Crippen LogP contribution in [-0.2, 0) is 0 Å². The molecule has 0 N–H and O–H groups in total. The molecule has 0 heterocycles. The first-order valence-corrected chi connectivity index (χ1v) is 10.0. The molecule has 0 aliphatic heterocycles.